The van der Waals surface area contributed by atoms with Crippen molar-refractivity contribution in [2.75, 3.05) is 19.3 Å². The molecule has 0 bridgehead atoms. The van der Waals surface area contributed by atoms with Crippen LogP contribution in [0.4, 0.5) is 4.39 Å². The standard InChI is InChI=1S/C18H24FN3O2S/c1-14-6-5-9-21(11-14)13-16-10-20-18(25(2,23)24)22(16)12-15-7-3-4-8-17(15)19/h3-4,7-8,10,14H,5-6,9,11-13H2,1-2H3/t14-/m0/s1. The lowest BCUT2D eigenvalue weighted by molar-refractivity contribution is 0.172. The molecule has 7 heteroatoms. The number of piperidine rings is 1. The van der Waals surface area contributed by atoms with Crippen LogP contribution in [0.1, 0.15) is 31.0 Å². The van der Waals surface area contributed by atoms with Gasteiger partial charge < -0.3 is 4.57 Å². The maximum atomic E-state index is 14.1. The van der Waals surface area contributed by atoms with E-state index in [1.165, 1.54) is 12.5 Å². The highest BCUT2D eigenvalue weighted by Crippen LogP contribution is 2.21. The highest BCUT2D eigenvalue weighted by Gasteiger charge is 2.23. The summed E-state index contributed by atoms with van der Waals surface area (Å²) in [5.74, 6) is 0.291. The van der Waals surface area contributed by atoms with Gasteiger partial charge >= 0.3 is 0 Å². The van der Waals surface area contributed by atoms with Crippen LogP contribution in [0.25, 0.3) is 0 Å². The number of aromatic nitrogens is 2. The number of hydrogen-bond acceptors (Lipinski definition) is 4. The van der Waals surface area contributed by atoms with E-state index in [4.69, 9.17) is 0 Å². The zero-order valence-electron chi connectivity index (χ0n) is 14.7. The predicted octanol–water partition coefficient (Wildman–Crippen LogP) is 2.71. The van der Waals surface area contributed by atoms with Gasteiger partial charge in [-0.1, -0.05) is 25.1 Å². The quantitative estimate of drug-likeness (QED) is 0.818. The van der Waals surface area contributed by atoms with Crippen molar-refractivity contribution in [2.45, 2.75) is 38.0 Å². The van der Waals surface area contributed by atoms with Crippen LogP contribution < -0.4 is 0 Å². The lowest BCUT2D eigenvalue weighted by atomic mass is 10.0. The highest BCUT2D eigenvalue weighted by molar-refractivity contribution is 7.90. The predicted molar refractivity (Wildman–Crippen MR) is 94.5 cm³/mol. The molecule has 1 aromatic heterocycles. The first kappa shape index (κ1) is 18.1. The highest BCUT2D eigenvalue weighted by atomic mass is 32.2. The second-order valence-corrected chi connectivity index (χ2v) is 8.87. The molecule has 1 fully saturated rings. The summed E-state index contributed by atoms with van der Waals surface area (Å²) in [6, 6.07) is 6.44. The number of hydrogen-bond donors (Lipinski definition) is 0. The number of nitrogens with zero attached hydrogens (tertiary/aromatic N) is 3. The normalized spacial score (nSPS) is 19.2. The Kier molecular flexibility index (Phi) is 5.24. The van der Waals surface area contributed by atoms with Gasteiger partial charge in [0.1, 0.15) is 5.82 Å². The third kappa shape index (κ3) is 4.27. The van der Waals surface area contributed by atoms with Crippen molar-refractivity contribution in [2.24, 2.45) is 5.92 Å². The largest absolute Gasteiger partial charge is 0.313 e. The minimum Gasteiger partial charge on any atom is -0.313 e. The van der Waals surface area contributed by atoms with Crippen molar-refractivity contribution >= 4 is 9.84 Å². The maximum Gasteiger partial charge on any atom is 0.227 e. The Bertz CT molecular complexity index is 848. The van der Waals surface area contributed by atoms with Gasteiger partial charge in [-0.15, -0.1) is 0 Å². The van der Waals surface area contributed by atoms with Crippen LogP contribution in [-0.2, 0) is 22.9 Å². The van der Waals surface area contributed by atoms with E-state index in [-0.39, 0.29) is 17.5 Å². The zero-order valence-corrected chi connectivity index (χ0v) is 15.5. The summed E-state index contributed by atoms with van der Waals surface area (Å²) in [4.78, 5) is 6.44. The summed E-state index contributed by atoms with van der Waals surface area (Å²) in [7, 11) is -3.49. The van der Waals surface area contributed by atoms with Gasteiger partial charge in [0, 0.05) is 24.9 Å². The molecule has 0 unspecified atom stereocenters. The van der Waals surface area contributed by atoms with E-state index in [9.17, 15) is 12.8 Å². The van der Waals surface area contributed by atoms with Gasteiger partial charge in [-0.2, -0.15) is 0 Å². The molecule has 0 aliphatic carbocycles. The van der Waals surface area contributed by atoms with E-state index in [1.807, 2.05) is 0 Å². The van der Waals surface area contributed by atoms with Crippen LogP contribution in [0.3, 0.4) is 0 Å². The van der Waals surface area contributed by atoms with Gasteiger partial charge in [-0.25, -0.2) is 17.8 Å². The van der Waals surface area contributed by atoms with E-state index in [1.54, 1.807) is 29.0 Å². The SMILES string of the molecule is C[C@H]1CCCN(Cc2cnc(S(C)(=O)=O)n2Cc2ccccc2F)C1. The van der Waals surface area contributed by atoms with Crippen molar-refractivity contribution in [1.82, 2.24) is 14.5 Å². The average Bonchev–Trinajstić information content (AvgIpc) is 2.92. The molecule has 0 saturated carbocycles. The average molecular weight is 365 g/mol. The topological polar surface area (TPSA) is 55.2 Å². The molecule has 5 nitrogen and oxygen atoms in total. The first-order valence-corrected chi connectivity index (χ1v) is 10.4. The maximum absolute atomic E-state index is 14.1. The molecule has 1 aliphatic heterocycles. The number of rotatable bonds is 5. The van der Waals surface area contributed by atoms with Crippen LogP contribution in [0.2, 0.25) is 0 Å². The lowest BCUT2D eigenvalue weighted by Crippen LogP contribution is -2.34. The number of halogens is 1. The molecule has 1 atom stereocenters. The van der Waals surface area contributed by atoms with Gasteiger partial charge in [0.05, 0.1) is 18.4 Å². The Morgan fingerprint density at radius 3 is 2.72 bits per heavy atom. The van der Waals surface area contributed by atoms with Crippen molar-refractivity contribution in [3.63, 3.8) is 0 Å². The van der Waals surface area contributed by atoms with Crippen LogP contribution in [0, 0.1) is 11.7 Å². The molecule has 136 valence electrons. The first-order chi connectivity index (χ1) is 11.8. The van der Waals surface area contributed by atoms with Crippen molar-refractivity contribution in [3.8, 4) is 0 Å². The van der Waals surface area contributed by atoms with Crippen LogP contribution in [0.5, 0.6) is 0 Å². The monoisotopic (exact) mass is 365 g/mol. The third-order valence-corrected chi connectivity index (χ3v) is 5.64. The van der Waals surface area contributed by atoms with E-state index in [2.05, 4.69) is 16.8 Å². The first-order valence-electron chi connectivity index (χ1n) is 8.55. The number of benzene rings is 1. The molecule has 0 amide bonds. The van der Waals surface area contributed by atoms with Crippen molar-refractivity contribution in [1.29, 1.82) is 0 Å². The molecule has 1 aliphatic rings. The van der Waals surface area contributed by atoms with Crippen LogP contribution >= 0.6 is 0 Å². The van der Waals surface area contributed by atoms with Crippen molar-refractivity contribution < 1.29 is 12.8 Å². The summed E-state index contributed by atoms with van der Waals surface area (Å²) < 4.78 is 39.9. The third-order valence-electron chi connectivity index (χ3n) is 4.65. The molecule has 2 aromatic rings. The Balaban J connectivity index is 1.93. The van der Waals surface area contributed by atoms with Gasteiger partial charge in [0.25, 0.3) is 0 Å². The molecule has 2 heterocycles. The van der Waals surface area contributed by atoms with Gasteiger partial charge in [-0.3, -0.25) is 4.90 Å². The smallest absolute Gasteiger partial charge is 0.227 e. The van der Waals surface area contributed by atoms with E-state index < -0.39 is 9.84 Å². The Morgan fingerprint density at radius 1 is 1.28 bits per heavy atom. The van der Waals surface area contributed by atoms with E-state index >= 15 is 0 Å². The van der Waals surface area contributed by atoms with Gasteiger partial charge in [0.15, 0.2) is 0 Å². The number of imidazole rings is 1. The summed E-state index contributed by atoms with van der Waals surface area (Å²) in [6.07, 6.45) is 5.11. The van der Waals surface area contributed by atoms with Crippen LogP contribution in [-0.4, -0.2) is 42.2 Å². The zero-order chi connectivity index (χ0) is 18.0. The molecule has 1 saturated heterocycles. The van der Waals surface area contributed by atoms with Crippen LogP contribution in [0.15, 0.2) is 35.6 Å². The second-order valence-electron chi connectivity index (χ2n) is 6.96. The Hall–Kier alpha value is -1.73. The molecule has 3 rings (SSSR count). The van der Waals surface area contributed by atoms with Crippen molar-refractivity contribution in [3.05, 3.63) is 47.5 Å². The molecule has 0 radical (unpaired) electrons. The fourth-order valence-corrected chi connectivity index (χ4v) is 4.27. The summed E-state index contributed by atoms with van der Waals surface area (Å²) in [5, 5.41) is -0.00388. The fraction of sp³-hybridized carbons (Fsp3) is 0.500. The number of likely N-dealkylation sites (tertiary alicyclic amines) is 1. The van der Waals surface area contributed by atoms with Gasteiger partial charge in [-0.05, 0) is 31.4 Å². The summed E-state index contributed by atoms with van der Waals surface area (Å²) in [6.45, 7) is 4.99. The molecular weight excluding hydrogens is 341 g/mol. The summed E-state index contributed by atoms with van der Waals surface area (Å²) >= 11 is 0. The fourth-order valence-electron chi connectivity index (χ4n) is 3.44. The minimum atomic E-state index is -3.49. The van der Waals surface area contributed by atoms with E-state index in [0.717, 1.165) is 31.5 Å². The molecular formula is C18H24FN3O2S. The Labute approximate surface area is 148 Å². The van der Waals surface area contributed by atoms with Gasteiger partial charge in [0.2, 0.25) is 15.0 Å². The molecule has 0 N–H and O–H groups in total. The second kappa shape index (κ2) is 7.25. The lowest BCUT2D eigenvalue weighted by Gasteiger charge is -2.31. The molecule has 25 heavy (non-hydrogen) atoms. The summed E-state index contributed by atoms with van der Waals surface area (Å²) in [5.41, 5.74) is 1.26. The number of sulfone groups is 1. The molecule has 1 aromatic carbocycles. The Morgan fingerprint density at radius 2 is 2.04 bits per heavy atom. The minimum absolute atomic E-state index is 0.00388. The van der Waals surface area contributed by atoms with E-state index in [0.29, 0.717) is 18.0 Å². The molecule has 0 spiro atoms.